The van der Waals surface area contributed by atoms with E-state index < -0.39 is 0 Å². The van der Waals surface area contributed by atoms with Gasteiger partial charge in [-0.1, -0.05) is 41.5 Å². The van der Waals surface area contributed by atoms with Gasteiger partial charge in [0.1, 0.15) is 11.0 Å². The van der Waals surface area contributed by atoms with E-state index in [9.17, 15) is 0 Å². The molecule has 5 aromatic heterocycles. The Morgan fingerprint density at radius 1 is 0.562 bits per heavy atom. The highest BCUT2D eigenvalue weighted by Gasteiger charge is 2.30. The number of rotatable bonds is 2. The molecule has 5 rings (SSSR count). The second kappa shape index (κ2) is 6.84. The zero-order valence-electron chi connectivity index (χ0n) is 18.9. The van der Waals surface area contributed by atoms with Crippen molar-refractivity contribution < 1.29 is 0 Å². The van der Waals surface area contributed by atoms with Crippen molar-refractivity contribution in [1.82, 2.24) is 49.5 Å². The second-order valence-corrected chi connectivity index (χ2v) is 9.69. The first-order chi connectivity index (χ1) is 15.1. The van der Waals surface area contributed by atoms with Crippen molar-refractivity contribution in [3.63, 3.8) is 0 Å². The van der Waals surface area contributed by atoms with Crippen LogP contribution in [0.2, 0.25) is 0 Å². The molecule has 0 unspecified atom stereocenters. The van der Waals surface area contributed by atoms with Gasteiger partial charge in [-0.3, -0.25) is 0 Å². The molecular formula is C22H24N10. The highest BCUT2D eigenvalue weighted by Crippen LogP contribution is 2.33. The topological polar surface area (TPSA) is 113 Å². The van der Waals surface area contributed by atoms with Gasteiger partial charge in [-0.05, 0) is 12.1 Å². The molecular weight excluding hydrogens is 404 g/mol. The van der Waals surface area contributed by atoms with Crippen LogP contribution in [0.4, 0.5) is 0 Å². The summed E-state index contributed by atoms with van der Waals surface area (Å²) in [5.74, 6) is 0.885. The molecule has 10 nitrogen and oxygen atoms in total. The van der Waals surface area contributed by atoms with E-state index in [0.717, 1.165) is 11.4 Å². The molecule has 0 radical (unpaired) electrons. The van der Waals surface area contributed by atoms with Gasteiger partial charge in [0.2, 0.25) is 0 Å². The molecule has 0 N–H and O–H groups in total. The molecule has 162 valence electrons. The van der Waals surface area contributed by atoms with Crippen LogP contribution in [0.3, 0.4) is 0 Å². The molecule has 10 heteroatoms. The fourth-order valence-corrected chi connectivity index (χ4v) is 3.51. The normalized spacial score (nSPS) is 12.7. The lowest BCUT2D eigenvalue weighted by Gasteiger charge is -2.15. The third-order valence-corrected chi connectivity index (χ3v) is 5.01. The SMILES string of the molecule is CC(C)(C)c1nn(-c2ncccn2)c2nc3c(C(C)(C)C)nn(-c4ncccn4)c3nc12. The van der Waals surface area contributed by atoms with E-state index >= 15 is 0 Å². The van der Waals surface area contributed by atoms with Crippen molar-refractivity contribution in [2.75, 3.05) is 0 Å². The summed E-state index contributed by atoms with van der Waals surface area (Å²) in [6.45, 7) is 12.6. The van der Waals surface area contributed by atoms with E-state index in [1.807, 2.05) is 0 Å². The van der Waals surface area contributed by atoms with Crippen LogP contribution >= 0.6 is 0 Å². The minimum atomic E-state index is -0.276. The Hall–Kier alpha value is -3.82. The van der Waals surface area contributed by atoms with Crippen LogP contribution < -0.4 is 0 Å². The average Bonchev–Trinajstić information content (AvgIpc) is 3.32. The predicted octanol–water partition coefficient (Wildman–Crippen LogP) is 3.33. The lowest BCUT2D eigenvalue weighted by atomic mass is 9.91. The smallest absolute Gasteiger partial charge is 0.221 e. The molecule has 5 heterocycles. The molecule has 0 spiro atoms. The third kappa shape index (κ3) is 3.19. The van der Waals surface area contributed by atoms with Crippen molar-refractivity contribution in [3.05, 3.63) is 48.3 Å². The Labute approximate surface area is 184 Å². The Morgan fingerprint density at radius 3 is 1.22 bits per heavy atom. The van der Waals surface area contributed by atoms with Crippen LogP contribution in [0.15, 0.2) is 36.9 Å². The summed E-state index contributed by atoms with van der Waals surface area (Å²) in [6, 6.07) is 3.54. The van der Waals surface area contributed by atoms with Crippen LogP contribution in [0.1, 0.15) is 52.9 Å². The van der Waals surface area contributed by atoms with E-state index in [4.69, 9.17) is 20.2 Å². The van der Waals surface area contributed by atoms with Gasteiger partial charge in [-0.25, -0.2) is 29.9 Å². The van der Waals surface area contributed by atoms with Gasteiger partial charge in [0.05, 0.1) is 11.4 Å². The van der Waals surface area contributed by atoms with Crippen LogP contribution in [-0.2, 0) is 10.8 Å². The van der Waals surface area contributed by atoms with Gasteiger partial charge in [-0.15, -0.1) is 0 Å². The molecule has 0 aromatic carbocycles. The summed E-state index contributed by atoms with van der Waals surface area (Å²) in [6.07, 6.45) is 6.74. The Kier molecular flexibility index (Phi) is 4.30. The second-order valence-electron chi connectivity index (χ2n) is 9.69. The Balaban J connectivity index is 1.92. The zero-order chi connectivity index (χ0) is 22.7. The molecule has 0 aliphatic carbocycles. The summed E-state index contributed by atoms with van der Waals surface area (Å²) >= 11 is 0. The Morgan fingerprint density at radius 2 is 0.906 bits per heavy atom. The van der Waals surface area contributed by atoms with Gasteiger partial charge >= 0.3 is 0 Å². The van der Waals surface area contributed by atoms with Crippen LogP contribution in [0.5, 0.6) is 0 Å². The van der Waals surface area contributed by atoms with Crippen molar-refractivity contribution in [2.24, 2.45) is 0 Å². The van der Waals surface area contributed by atoms with E-state index in [1.165, 1.54) is 0 Å². The van der Waals surface area contributed by atoms with Crippen molar-refractivity contribution in [1.29, 1.82) is 0 Å². The molecule has 0 amide bonds. The first kappa shape index (κ1) is 20.1. The first-order valence-electron chi connectivity index (χ1n) is 10.4. The van der Waals surface area contributed by atoms with E-state index in [0.29, 0.717) is 34.2 Å². The Bertz CT molecular complexity index is 1310. The third-order valence-electron chi connectivity index (χ3n) is 5.01. The van der Waals surface area contributed by atoms with Gasteiger partial charge in [0.15, 0.2) is 11.3 Å². The maximum atomic E-state index is 5.02. The molecule has 0 bridgehead atoms. The largest absolute Gasteiger partial charge is 0.252 e. The summed E-state index contributed by atoms with van der Waals surface area (Å²) < 4.78 is 3.32. The minimum absolute atomic E-state index is 0.276. The lowest BCUT2D eigenvalue weighted by Crippen LogP contribution is -2.14. The standard InChI is InChI=1S/C22H24N10/c1-21(2,3)15-13-17(31(29-15)19-23-9-7-10-24-19)28-14-16(22(4,5)6)30-32(18(14)27-13)20-25-11-8-12-26-20/h7-12H,1-6H3. The molecule has 0 aliphatic rings. The van der Waals surface area contributed by atoms with Crippen molar-refractivity contribution in [3.8, 4) is 11.9 Å². The highest BCUT2D eigenvalue weighted by molar-refractivity contribution is 5.87. The number of hydrogen-bond acceptors (Lipinski definition) is 8. The summed E-state index contributed by atoms with van der Waals surface area (Å²) in [5, 5.41) is 9.67. The van der Waals surface area contributed by atoms with Gasteiger partial charge in [0, 0.05) is 35.6 Å². The molecule has 0 saturated heterocycles. The number of nitrogens with zero attached hydrogens (tertiary/aromatic N) is 10. The van der Waals surface area contributed by atoms with Crippen molar-refractivity contribution >= 4 is 22.3 Å². The number of aromatic nitrogens is 10. The monoisotopic (exact) mass is 428 g/mol. The fraction of sp³-hybridized carbons (Fsp3) is 0.364. The van der Waals surface area contributed by atoms with Crippen LogP contribution in [-0.4, -0.2) is 49.5 Å². The van der Waals surface area contributed by atoms with E-state index in [1.54, 1.807) is 46.3 Å². The zero-order valence-corrected chi connectivity index (χ0v) is 18.9. The highest BCUT2D eigenvalue weighted by atomic mass is 15.4. The summed E-state index contributed by atoms with van der Waals surface area (Å²) in [5.41, 5.74) is 3.58. The van der Waals surface area contributed by atoms with E-state index in [2.05, 4.69) is 61.5 Å². The van der Waals surface area contributed by atoms with Gasteiger partial charge in [-0.2, -0.15) is 19.6 Å². The molecule has 0 atom stereocenters. The predicted molar refractivity (Wildman–Crippen MR) is 120 cm³/mol. The minimum Gasteiger partial charge on any atom is -0.221 e. The fourth-order valence-electron chi connectivity index (χ4n) is 3.51. The maximum absolute atomic E-state index is 5.02. The molecule has 0 fully saturated rings. The molecule has 5 aromatic rings. The quantitative estimate of drug-likeness (QED) is 0.421. The maximum Gasteiger partial charge on any atom is 0.252 e. The van der Waals surface area contributed by atoms with Crippen LogP contribution in [0.25, 0.3) is 34.2 Å². The summed E-state index contributed by atoms with van der Waals surface area (Å²) in [7, 11) is 0. The van der Waals surface area contributed by atoms with Gasteiger partial charge in [0.25, 0.3) is 11.9 Å². The van der Waals surface area contributed by atoms with Gasteiger partial charge < -0.3 is 0 Å². The first-order valence-corrected chi connectivity index (χ1v) is 10.4. The molecule has 0 saturated carbocycles. The summed E-state index contributed by atoms with van der Waals surface area (Å²) in [4.78, 5) is 27.6. The molecule has 32 heavy (non-hydrogen) atoms. The number of fused-ring (bicyclic) bond motifs is 2. The molecule has 0 aliphatic heterocycles. The average molecular weight is 429 g/mol. The van der Waals surface area contributed by atoms with E-state index in [-0.39, 0.29) is 10.8 Å². The number of hydrogen-bond donors (Lipinski definition) is 0. The van der Waals surface area contributed by atoms with Crippen molar-refractivity contribution in [2.45, 2.75) is 52.4 Å². The lowest BCUT2D eigenvalue weighted by molar-refractivity contribution is 0.560. The van der Waals surface area contributed by atoms with Crippen LogP contribution in [0, 0.1) is 0 Å².